The Kier molecular flexibility index (Phi) is 6.58. The molecule has 2 atom stereocenters. The van der Waals surface area contributed by atoms with E-state index in [9.17, 15) is 39.9 Å². The molecule has 2 rings (SSSR count). The molecule has 0 heterocycles. The van der Waals surface area contributed by atoms with Crippen LogP contribution in [0.25, 0.3) is 6.08 Å². The molecule has 152 valence electrons. The molecule has 9 heteroatoms. The van der Waals surface area contributed by atoms with E-state index < -0.39 is 41.8 Å². The Morgan fingerprint density at radius 3 is 2.21 bits per heavy atom. The lowest BCUT2D eigenvalue weighted by Crippen LogP contribution is -2.56. The van der Waals surface area contributed by atoms with Crippen LogP contribution < -0.4 is 0 Å². The Bertz CT molecular complexity index is 936. The Morgan fingerprint density at radius 1 is 1.00 bits per heavy atom. The summed E-state index contributed by atoms with van der Waals surface area (Å²) in [5.74, 6) is -5.74. The number of rotatable bonds is 8. The zero-order valence-corrected chi connectivity index (χ0v) is 14.9. The molecule has 0 aliphatic rings. The molecule has 0 unspecified atom stereocenters. The number of phenolic OH excluding ortho intramolecular Hbond substituents is 2. The first-order chi connectivity index (χ1) is 13.6. The van der Waals surface area contributed by atoms with Gasteiger partial charge in [0.1, 0.15) is 0 Å². The number of aliphatic carboxylic acids is 2. The predicted molar refractivity (Wildman–Crippen MR) is 99.1 cm³/mol. The fourth-order valence-corrected chi connectivity index (χ4v) is 2.50. The number of ether oxygens (including phenoxy) is 1. The number of aromatic hydroxyl groups is 2. The number of carbonyl (C=O) groups is 3. The van der Waals surface area contributed by atoms with Crippen molar-refractivity contribution >= 4 is 24.0 Å². The number of carboxylic acids is 2. The fraction of sp³-hybridized carbons (Fsp3) is 0.150. The monoisotopic (exact) mass is 402 g/mol. The lowest BCUT2D eigenvalue weighted by molar-refractivity contribution is -0.192. The van der Waals surface area contributed by atoms with Crippen molar-refractivity contribution in [1.29, 1.82) is 0 Å². The highest BCUT2D eigenvalue weighted by atomic mass is 16.6. The van der Waals surface area contributed by atoms with Gasteiger partial charge in [-0.1, -0.05) is 36.4 Å². The predicted octanol–water partition coefficient (Wildman–Crippen LogP) is 1.17. The molecule has 9 nitrogen and oxygen atoms in total. The Labute approximate surface area is 164 Å². The Morgan fingerprint density at radius 2 is 1.66 bits per heavy atom. The van der Waals surface area contributed by atoms with Crippen molar-refractivity contribution in [3.05, 3.63) is 65.7 Å². The van der Waals surface area contributed by atoms with Crippen LogP contribution in [-0.4, -0.2) is 55.1 Å². The van der Waals surface area contributed by atoms with Crippen molar-refractivity contribution in [1.82, 2.24) is 0 Å². The lowest BCUT2D eigenvalue weighted by Gasteiger charge is -2.29. The van der Waals surface area contributed by atoms with Gasteiger partial charge >= 0.3 is 17.9 Å². The first kappa shape index (κ1) is 21.5. The van der Waals surface area contributed by atoms with E-state index in [2.05, 4.69) is 0 Å². The summed E-state index contributed by atoms with van der Waals surface area (Å²) in [5.41, 5.74) is -2.30. The maximum absolute atomic E-state index is 12.0. The zero-order chi connectivity index (χ0) is 21.6. The molecule has 0 aliphatic heterocycles. The molecule has 0 saturated carbocycles. The highest BCUT2D eigenvalue weighted by Gasteiger charge is 2.51. The molecule has 0 aliphatic carbocycles. The average Bonchev–Trinajstić information content (AvgIpc) is 2.67. The van der Waals surface area contributed by atoms with Crippen LogP contribution in [0.1, 0.15) is 11.1 Å². The highest BCUT2D eigenvalue weighted by molar-refractivity contribution is 5.93. The number of benzene rings is 2. The van der Waals surface area contributed by atoms with Crippen LogP contribution in [0.4, 0.5) is 0 Å². The maximum atomic E-state index is 12.0. The van der Waals surface area contributed by atoms with E-state index in [0.29, 0.717) is 5.56 Å². The summed E-state index contributed by atoms with van der Waals surface area (Å²) in [5, 5.41) is 48.0. The van der Waals surface area contributed by atoms with E-state index >= 15 is 0 Å². The van der Waals surface area contributed by atoms with Gasteiger partial charge in [-0.05, 0) is 29.3 Å². The molecule has 0 spiro atoms. The standard InChI is InChI=1S/C20H18O9/c21-14-8-6-12(10-15(14)22)7-9-16(23)29-17(18(24)25)20(28,19(26)27)11-13-4-2-1-3-5-13/h1-10,17,21-22,28H,11H2,(H,24,25)(H,26,27)/b9-7-/t17-,20-/m1/s1. The van der Waals surface area contributed by atoms with Crippen LogP contribution in [-0.2, 0) is 25.5 Å². The molecule has 29 heavy (non-hydrogen) atoms. The molecule has 0 amide bonds. The molecule has 0 radical (unpaired) electrons. The molecular formula is C20H18O9. The molecule has 5 N–H and O–H groups in total. The van der Waals surface area contributed by atoms with Gasteiger partial charge in [-0.15, -0.1) is 0 Å². The Balaban J connectivity index is 2.22. The van der Waals surface area contributed by atoms with Crippen molar-refractivity contribution < 1.29 is 44.7 Å². The average molecular weight is 402 g/mol. The minimum absolute atomic E-state index is 0.280. The molecule has 0 bridgehead atoms. The van der Waals surface area contributed by atoms with E-state index in [1.807, 2.05) is 0 Å². The van der Waals surface area contributed by atoms with E-state index in [4.69, 9.17) is 4.74 Å². The van der Waals surface area contributed by atoms with Crippen LogP contribution in [0.15, 0.2) is 54.6 Å². The van der Waals surface area contributed by atoms with Crippen molar-refractivity contribution in [3.63, 3.8) is 0 Å². The summed E-state index contributed by atoms with van der Waals surface area (Å²) in [7, 11) is 0. The summed E-state index contributed by atoms with van der Waals surface area (Å²) in [6.45, 7) is 0. The summed E-state index contributed by atoms with van der Waals surface area (Å²) in [4.78, 5) is 35.2. The van der Waals surface area contributed by atoms with E-state index in [1.54, 1.807) is 18.2 Å². The van der Waals surface area contributed by atoms with E-state index in [1.165, 1.54) is 24.3 Å². The number of carboxylic acid groups (broad SMARTS) is 2. The second kappa shape index (κ2) is 8.89. The molecule has 2 aromatic carbocycles. The number of aliphatic hydroxyl groups is 1. The van der Waals surface area contributed by atoms with Gasteiger partial charge in [-0.2, -0.15) is 0 Å². The van der Waals surface area contributed by atoms with Crippen LogP contribution in [0, 0.1) is 0 Å². The lowest BCUT2D eigenvalue weighted by atomic mass is 9.88. The second-order valence-corrected chi connectivity index (χ2v) is 6.13. The fourth-order valence-electron chi connectivity index (χ4n) is 2.50. The molecule has 0 aromatic heterocycles. The van der Waals surface area contributed by atoms with Crippen LogP contribution in [0.3, 0.4) is 0 Å². The van der Waals surface area contributed by atoms with E-state index in [0.717, 1.165) is 18.2 Å². The van der Waals surface area contributed by atoms with Crippen molar-refractivity contribution in [2.75, 3.05) is 0 Å². The summed E-state index contributed by atoms with van der Waals surface area (Å²) >= 11 is 0. The topological polar surface area (TPSA) is 162 Å². The van der Waals surface area contributed by atoms with Gasteiger partial charge < -0.3 is 30.3 Å². The first-order valence-electron chi connectivity index (χ1n) is 8.26. The van der Waals surface area contributed by atoms with Gasteiger partial charge in [0.25, 0.3) is 0 Å². The largest absolute Gasteiger partial charge is 0.504 e. The zero-order valence-electron chi connectivity index (χ0n) is 14.9. The third kappa shape index (κ3) is 5.33. The highest BCUT2D eigenvalue weighted by Crippen LogP contribution is 2.26. The van der Waals surface area contributed by atoms with Gasteiger partial charge in [0, 0.05) is 12.5 Å². The SMILES string of the molecule is O=C(/C=C\c1ccc(O)c(O)c1)O[C@H](C(=O)O)[C@](O)(Cc1ccccc1)C(=O)O. The number of carbonyl (C=O) groups excluding carboxylic acids is 1. The van der Waals surface area contributed by atoms with Crippen molar-refractivity contribution in [3.8, 4) is 11.5 Å². The normalized spacial score (nSPS) is 14.1. The van der Waals surface area contributed by atoms with Crippen LogP contribution >= 0.6 is 0 Å². The van der Waals surface area contributed by atoms with Gasteiger partial charge in [0.05, 0.1) is 0 Å². The maximum Gasteiger partial charge on any atom is 0.348 e. The van der Waals surface area contributed by atoms with Gasteiger partial charge in [-0.3, -0.25) is 0 Å². The van der Waals surface area contributed by atoms with Crippen molar-refractivity contribution in [2.45, 2.75) is 18.1 Å². The van der Waals surface area contributed by atoms with Crippen LogP contribution in [0.5, 0.6) is 11.5 Å². The molecule has 2 aromatic rings. The minimum atomic E-state index is -2.91. The van der Waals surface area contributed by atoms with Crippen molar-refractivity contribution in [2.24, 2.45) is 0 Å². The number of hydrogen-bond acceptors (Lipinski definition) is 7. The first-order valence-corrected chi connectivity index (χ1v) is 8.26. The van der Waals surface area contributed by atoms with Gasteiger partial charge in [0.2, 0.25) is 11.7 Å². The number of phenols is 2. The minimum Gasteiger partial charge on any atom is -0.504 e. The third-order valence-electron chi connectivity index (χ3n) is 3.99. The summed E-state index contributed by atoms with van der Waals surface area (Å²) in [6.07, 6.45) is -1.04. The third-order valence-corrected chi connectivity index (χ3v) is 3.99. The summed E-state index contributed by atoms with van der Waals surface area (Å²) < 4.78 is 4.72. The second-order valence-electron chi connectivity index (χ2n) is 6.13. The molecular weight excluding hydrogens is 384 g/mol. The number of esters is 1. The van der Waals surface area contributed by atoms with Gasteiger partial charge in [-0.25, -0.2) is 14.4 Å². The summed E-state index contributed by atoms with van der Waals surface area (Å²) in [6, 6.07) is 11.5. The Hall–Kier alpha value is -3.85. The smallest absolute Gasteiger partial charge is 0.348 e. The quantitative estimate of drug-likeness (QED) is 0.248. The van der Waals surface area contributed by atoms with Gasteiger partial charge in [0.15, 0.2) is 11.5 Å². The van der Waals surface area contributed by atoms with Crippen LogP contribution in [0.2, 0.25) is 0 Å². The number of hydrogen-bond donors (Lipinski definition) is 5. The molecule has 0 fully saturated rings. The molecule has 0 saturated heterocycles. The van der Waals surface area contributed by atoms with E-state index in [-0.39, 0.29) is 11.3 Å².